The number of aliphatic imine (C=N–C) groups is 1. The summed E-state index contributed by atoms with van der Waals surface area (Å²) in [5.74, 6) is 0. The first-order chi connectivity index (χ1) is 11.5. The number of nitrogens with zero attached hydrogens (tertiary/aromatic N) is 1. The first kappa shape index (κ1) is 16.4. The fourth-order valence-electron chi connectivity index (χ4n) is 3.58. The Hall–Kier alpha value is -2.41. The summed E-state index contributed by atoms with van der Waals surface area (Å²) in [6.07, 6.45) is 5.47. The number of benzene rings is 2. The van der Waals surface area contributed by atoms with Crippen molar-refractivity contribution in [3.63, 3.8) is 0 Å². The topological polar surface area (TPSA) is 12.4 Å². The lowest BCUT2D eigenvalue weighted by Gasteiger charge is -2.13. The van der Waals surface area contributed by atoms with Crippen LogP contribution in [0.4, 0.5) is 5.69 Å². The lowest BCUT2D eigenvalue weighted by atomic mass is 9.94. The van der Waals surface area contributed by atoms with Crippen LogP contribution in [0.3, 0.4) is 0 Å². The molecule has 1 aliphatic carbocycles. The van der Waals surface area contributed by atoms with Gasteiger partial charge < -0.3 is 0 Å². The zero-order valence-corrected chi connectivity index (χ0v) is 15.3. The normalized spacial score (nSPS) is 14.6. The summed E-state index contributed by atoms with van der Waals surface area (Å²) in [5, 5.41) is 0. The van der Waals surface area contributed by atoms with Gasteiger partial charge in [0, 0.05) is 11.3 Å². The Balaban J connectivity index is 2.09. The Bertz CT molecular complexity index is 856. The summed E-state index contributed by atoms with van der Waals surface area (Å²) in [7, 11) is 0. The van der Waals surface area contributed by atoms with Crippen LogP contribution in [0.1, 0.15) is 48.1 Å². The molecule has 0 N–H and O–H groups in total. The quantitative estimate of drug-likeness (QED) is 0.574. The van der Waals surface area contributed by atoms with E-state index in [0.29, 0.717) is 0 Å². The maximum atomic E-state index is 5.00. The monoisotopic (exact) mass is 315 g/mol. The van der Waals surface area contributed by atoms with Gasteiger partial charge in [0.1, 0.15) is 0 Å². The van der Waals surface area contributed by atoms with Crippen molar-refractivity contribution in [2.75, 3.05) is 0 Å². The third-order valence-electron chi connectivity index (χ3n) is 4.72. The standard InChI is InChI=1S/C23H25N/c1-15-13-17(3)23(18(4)14-15)24-19(5)21-10-6-7-11-22(21)20-12-8-9-16(20)2/h6-11,13-14H,12H2,1-5H3. The zero-order valence-electron chi connectivity index (χ0n) is 15.3. The Morgan fingerprint density at radius 2 is 1.62 bits per heavy atom. The summed E-state index contributed by atoms with van der Waals surface area (Å²) in [4.78, 5) is 5.00. The predicted octanol–water partition coefficient (Wildman–Crippen LogP) is 6.49. The smallest absolute Gasteiger partial charge is 0.0691 e. The minimum Gasteiger partial charge on any atom is -0.253 e. The highest BCUT2D eigenvalue weighted by Crippen LogP contribution is 2.32. The summed E-state index contributed by atoms with van der Waals surface area (Å²) >= 11 is 0. The molecule has 0 amide bonds. The van der Waals surface area contributed by atoms with E-state index in [0.717, 1.165) is 17.8 Å². The lowest BCUT2D eigenvalue weighted by molar-refractivity contribution is 1.28. The molecule has 0 fully saturated rings. The van der Waals surface area contributed by atoms with Crippen molar-refractivity contribution >= 4 is 17.0 Å². The molecule has 0 heterocycles. The molecule has 0 radical (unpaired) electrons. The van der Waals surface area contributed by atoms with Gasteiger partial charge in [-0.3, -0.25) is 4.99 Å². The van der Waals surface area contributed by atoms with Gasteiger partial charge in [-0.25, -0.2) is 0 Å². The van der Waals surface area contributed by atoms with E-state index in [2.05, 4.69) is 83.2 Å². The van der Waals surface area contributed by atoms with E-state index >= 15 is 0 Å². The molecule has 0 bridgehead atoms. The van der Waals surface area contributed by atoms with Crippen molar-refractivity contribution in [1.82, 2.24) is 0 Å². The van der Waals surface area contributed by atoms with E-state index in [1.807, 2.05) is 0 Å². The molecule has 1 aliphatic rings. The molecule has 0 saturated carbocycles. The minimum absolute atomic E-state index is 1.01. The molecule has 0 aromatic heterocycles. The molecule has 122 valence electrons. The first-order valence-electron chi connectivity index (χ1n) is 8.56. The number of rotatable bonds is 3. The molecular weight excluding hydrogens is 290 g/mol. The molecule has 0 unspecified atom stereocenters. The van der Waals surface area contributed by atoms with Gasteiger partial charge in [-0.15, -0.1) is 0 Å². The van der Waals surface area contributed by atoms with E-state index in [1.165, 1.54) is 39.0 Å². The number of hydrogen-bond donors (Lipinski definition) is 0. The summed E-state index contributed by atoms with van der Waals surface area (Å²) in [6, 6.07) is 13.0. The zero-order chi connectivity index (χ0) is 17.3. The molecule has 2 aromatic carbocycles. The van der Waals surface area contributed by atoms with Crippen molar-refractivity contribution in [3.05, 3.63) is 81.9 Å². The number of allylic oxidation sites excluding steroid dienone is 4. The van der Waals surface area contributed by atoms with Gasteiger partial charge in [0.25, 0.3) is 0 Å². The fourth-order valence-corrected chi connectivity index (χ4v) is 3.58. The Morgan fingerprint density at radius 1 is 0.958 bits per heavy atom. The molecule has 0 aliphatic heterocycles. The highest BCUT2D eigenvalue weighted by Gasteiger charge is 2.14. The third kappa shape index (κ3) is 3.12. The molecule has 24 heavy (non-hydrogen) atoms. The Labute approximate surface area is 145 Å². The van der Waals surface area contributed by atoms with Crippen LogP contribution in [0, 0.1) is 20.8 Å². The Kier molecular flexibility index (Phi) is 4.53. The highest BCUT2D eigenvalue weighted by atomic mass is 14.8. The maximum absolute atomic E-state index is 5.00. The first-order valence-corrected chi connectivity index (χ1v) is 8.56. The van der Waals surface area contributed by atoms with Crippen LogP contribution in [0.2, 0.25) is 0 Å². The van der Waals surface area contributed by atoms with Crippen LogP contribution in [-0.4, -0.2) is 5.71 Å². The average Bonchev–Trinajstić information content (AvgIpc) is 2.96. The van der Waals surface area contributed by atoms with Gasteiger partial charge in [0.15, 0.2) is 0 Å². The maximum Gasteiger partial charge on any atom is 0.0691 e. The summed E-state index contributed by atoms with van der Waals surface area (Å²) < 4.78 is 0. The second-order valence-corrected chi connectivity index (χ2v) is 6.76. The Morgan fingerprint density at radius 3 is 2.25 bits per heavy atom. The van der Waals surface area contributed by atoms with E-state index < -0.39 is 0 Å². The molecule has 1 heteroatoms. The highest BCUT2D eigenvalue weighted by molar-refractivity contribution is 6.05. The summed E-state index contributed by atoms with van der Waals surface area (Å²) in [6.45, 7) is 10.7. The number of hydrogen-bond acceptors (Lipinski definition) is 1. The van der Waals surface area contributed by atoms with Crippen molar-refractivity contribution in [3.8, 4) is 0 Å². The van der Waals surface area contributed by atoms with Crippen LogP contribution >= 0.6 is 0 Å². The fraction of sp³-hybridized carbons (Fsp3) is 0.261. The molecule has 0 spiro atoms. The molecular formula is C23H25N. The molecule has 0 atom stereocenters. The van der Waals surface area contributed by atoms with E-state index in [1.54, 1.807) is 0 Å². The molecule has 0 saturated heterocycles. The second kappa shape index (κ2) is 6.60. The largest absolute Gasteiger partial charge is 0.253 e. The van der Waals surface area contributed by atoms with Crippen LogP contribution in [-0.2, 0) is 0 Å². The van der Waals surface area contributed by atoms with E-state index in [9.17, 15) is 0 Å². The SMILES string of the molecule is CC(=Nc1c(C)cc(C)cc1C)c1ccccc1C1=C(C)C=CC1. The average molecular weight is 315 g/mol. The van der Waals surface area contributed by atoms with Gasteiger partial charge >= 0.3 is 0 Å². The molecule has 2 aromatic rings. The van der Waals surface area contributed by atoms with Gasteiger partial charge in [-0.2, -0.15) is 0 Å². The van der Waals surface area contributed by atoms with Gasteiger partial charge in [-0.1, -0.05) is 54.1 Å². The van der Waals surface area contributed by atoms with Gasteiger partial charge in [-0.05, 0) is 68.9 Å². The van der Waals surface area contributed by atoms with Gasteiger partial charge in [0.05, 0.1) is 5.69 Å². The minimum atomic E-state index is 1.01. The van der Waals surface area contributed by atoms with Crippen molar-refractivity contribution in [2.24, 2.45) is 4.99 Å². The molecule has 1 nitrogen and oxygen atoms in total. The van der Waals surface area contributed by atoms with E-state index in [4.69, 9.17) is 4.99 Å². The van der Waals surface area contributed by atoms with Crippen LogP contribution < -0.4 is 0 Å². The third-order valence-corrected chi connectivity index (χ3v) is 4.72. The van der Waals surface area contributed by atoms with Crippen LogP contribution in [0.25, 0.3) is 5.57 Å². The van der Waals surface area contributed by atoms with Gasteiger partial charge in [0.2, 0.25) is 0 Å². The van der Waals surface area contributed by atoms with Crippen molar-refractivity contribution in [2.45, 2.75) is 41.0 Å². The van der Waals surface area contributed by atoms with Crippen molar-refractivity contribution < 1.29 is 0 Å². The molecule has 3 rings (SSSR count). The predicted molar refractivity (Wildman–Crippen MR) is 105 cm³/mol. The van der Waals surface area contributed by atoms with Crippen LogP contribution in [0.5, 0.6) is 0 Å². The number of aryl methyl sites for hydroxylation is 3. The summed E-state index contributed by atoms with van der Waals surface area (Å²) in [5.41, 5.74) is 11.3. The van der Waals surface area contributed by atoms with Crippen LogP contribution in [0.15, 0.2) is 59.1 Å². The second-order valence-electron chi connectivity index (χ2n) is 6.76. The van der Waals surface area contributed by atoms with E-state index in [-0.39, 0.29) is 0 Å². The van der Waals surface area contributed by atoms with Crippen molar-refractivity contribution in [1.29, 1.82) is 0 Å². The lowest BCUT2D eigenvalue weighted by Crippen LogP contribution is -2.01.